The summed E-state index contributed by atoms with van der Waals surface area (Å²) in [5.74, 6) is 0.497. The van der Waals surface area contributed by atoms with Gasteiger partial charge in [0.15, 0.2) is 5.78 Å². The van der Waals surface area contributed by atoms with Crippen LogP contribution in [0, 0.1) is 0 Å². The highest BCUT2D eigenvalue weighted by atomic mass is 16.5. The van der Waals surface area contributed by atoms with Crippen LogP contribution in [0.15, 0.2) is 54.6 Å². The summed E-state index contributed by atoms with van der Waals surface area (Å²) in [5, 5.41) is 2.74. The van der Waals surface area contributed by atoms with E-state index in [0.717, 1.165) is 11.3 Å². The Hall–Kier alpha value is -2.88. The number of benzene rings is 2. The second-order valence-corrected chi connectivity index (χ2v) is 4.73. The van der Waals surface area contributed by atoms with Crippen LogP contribution >= 0.6 is 0 Å². The van der Waals surface area contributed by atoms with Gasteiger partial charge in [-0.3, -0.25) is 9.59 Å². The first kappa shape index (κ1) is 15.5. The minimum atomic E-state index is -0.238. The SMILES string of the molecule is COc1cccc(C=CC(=O)Nc2ccc(C(C)=O)cc2)c1. The van der Waals surface area contributed by atoms with Gasteiger partial charge in [0.2, 0.25) is 5.91 Å². The monoisotopic (exact) mass is 295 g/mol. The molecule has 0 bridgehead atoms. The fourth-order valence-electron chi connectivity index (χ4n) is 1.89. The Morgan fingerprint density at radius 3 is 2.45 bits per heavy atom. The average molecular weight is 295 g/mol. The lowest BCUT2D eigenvalue weighted by molar-refractivity contribution is -0.111. The summed E-state index contributed by atoms with van der Waals surface area (Å²) >= 11 is 0. The van der Waals surface area contributed by atoms with Gasteiger partial charge in [0.25, 0.3) is 0 Å². The van der Waals surface area contributed by atoms with Crippen LogP contribution < -0.4 is 10.1 Å². The van der Waals surface area contributed by atoms with Gasteiger partial charge in [0.05, 0.1) is 7.11 Å². The predicted octanol–water partition coefficient (Wildman–Crippen LogP) is 3.55. The lowest BCUT2D eigenvalue weighted by atomic mass is 10.1. The number of carbonyl (C=O) groups is 2. The standard InChI is InChI=1S/C18H17NO3/c1-13(20)15-7-9-16(10-8-15)19-18(21)11-6-14-4-3-5-17(12-14)22-2/h3-12H,1-2H3,(H,19,21). The Bertz CT molecular complexity index is 703. The lowest BCUT2D eigenvalue weighted by Crippen LogP contribution is -2.07. The number of anilines is 1. The second-order valence-electron chi connectivity index (χ2n) is 4.73. The fourth-order valence-corrected chi connectivity index (χ4v) is 1.89. The maximum Gasteiger partial charge on any atom is 0.248 e. The van der Waals surface area contributed by atoms with Gasteiger partial charge in [-0.25, -0.2) is 0 Å². The molecule has 2 aromatic rings. The van der Waals surface area contributed by atoms with Crippen LogP contribution in [0.4, 0.5) is 5.69 Å². The first-order chi connectivity index (χ1) is 10.6. The van der Waals surface area contributed by atoms with E-state index in [1.807, 2.05) is 24.3 Å². The van der Waals surface area contributed by atoms with Gasteiger partial charge in [-0.1, -0.05) is 12.1 Å². The van der Waals surface area contributed by atoms with Crippen molar-refractivity contribution < 1.29 is 14.3 Å². The van der Waals surface area contributed by atoms with E-state index in [1.54, 1.807) is 37.5 Å². The molecule has 0 spiro atoms. The highest BCUT2D eigenvalue weighted by Crippen LogP contribution is 2.14. The summed E-state index contributed by atoms with van der Waals surface area (Å²) < 4.78 is 5.13. The van der Waals surface area contributed by atoms with E-state index >= 15 is 0 Å². The molecule has 4 nitrogen and oxygen atoms in total. The van der Waals surface area contributed by atoms with E-state index < -0.39 is 0 Å². The van der Waals surface area contributed by atoms with Crippen molar-refractivity contribution in [2.24, 2.45) is 0 Å². The third-order valence-electron chi connectivity index (χ3n) is 3.08. The van der Waals surface area contributed by atoms with Gasteiger partial charge < -0.3 is 10.1 Å². The zero-order valence-electron chi connectivity index (χ0n) is 12.5. The second kappa shape index (κ2) is 7.22. The van der Waals surface area contributed by atoms with E-state index in [9.17, 15) is 9.59 Å². The van der Waals surface area contributed by atoms with E-state index in [0.29, 0.717) is 11.3 Å². The van der Waals surface area contributed by atoms with Crippen LogP contribution in [0.2, 0.25) is 0 Å². The third-order valence-corrected chi connectivity index (χ3v) is 3.08. The molecule has 22 heavy (non-hydrogen) atoms. The van der Waals surface area contributed by atoms with Crippen molar-refractivity contribution in [1.82, 2.24) is 0 Å². The van der Waals surface area contributed by atoms with Crippen molar-refractivity contribution >= 4 is 23.5 Å². The zero-order chi connectivity index (χ0) is 15.9. The number of carbonyl (C=O) groups excluding carboxylic acids is 2. The normalized spacial score (nSPS) is 10.5. The Labute approximate surface area is 129 Å². The smallest absolute Gasteiger partial charge is 0.248 e. The van der Waals surface area contributed by atoms with Crippen LogP contribution in [0.3, 0.4) is 0 Å². The topological polar surface area (TPSA) is 55.4 Å². The zero-order valence-corrected chi connectivity index (χ0v) is 12.5. The quantitative estimate of drug-likeness (QED) is 0.678. The molecule has 0 heterocycles. The number of hydrogen-bond acceptors (Lipinski definition) is 3. The number of ether oxygens (including phenoxy) is 1. The number of nitrogens with one attached hydrogen (secondary N) is 1. The molecule has 2 aromatic carbocycles. The molecular weight excluding hydrogens is 278 g/mol. The number of methoxy groups -OCH3 is 1. The summed E-state index contributed by atoms with van der Waals surface area (Å²) in [7, 11) is 1.60. The first-order valence-electron chi connectivity index (χ1n) is 6.82. The molecule has 112 valence electrons. The highest BCUT2D eigenvalue weighted by Gasteiger charge is 2.01. The minimum Gasteiger partial charge on any atom is -0.497 e. The number of Topliss-reactive ketones (excluding diaryl/α,β-unsaturated/α-hetero) is 1. The van der Waals surface area contributed by atoms with E-state index in [4.69, 9.17) is 4.74 Å². The molecular formula is C18H17NO3. The molecule has 0 saturated heterocycles. The van der Waals surface area contributed by atoms with Gasteiger partial charge in [-0.15, -0.1) is 0 Å². The number of rotatable bonds is 5. The molecule has 4 heteroatoms. The minimum absolute atomic E-state index is 0.00389. The first-order valence-corrected chi connectivity index (χ1v) is 6.82. The van der Waals surface area contributed by atoms with E-state index in [2.05, 4.69) is 5.32 Å². The van der Waals surface area contributed by atoms with Crippen molar-refractivity contribution in [2.75, 3.05) is 12.4 Å². The van der Waals surface area contributed by atoms with Crippen LogP contribution in [-0.2, 0) is 4.79 Å². The maximum absolute atomic E-state index is 11.9. The van der Waals surface area contributed by atoms with Crippen molar-refractivity contribution in [3.05, 3.63) is 65.7 Å². The van der Waals surface area contributed by atoms with Gasteiger partial charge in [-0.05, 0) is 55.0 Å². The molecule has 0 aliphatic heterocycles. The molecule has 0 fully saturated rings. The van der Waals surface area contributed by atoms with Gasteiger partial charge >= 0.3 is 0 Å². The summed E-state index contributed by atoms with van der Waals surface area (Å²) in [6.45, 7) is 1.50. The van der Waals surface area contributed by atoms with Crippen LogP contribution in [0.5, 0.6) is 5.75 Å². The number of amides is 1. The van der Waals surface area contributed by atoms with Crippen molar-refractivity contribution in [3.63, 3.8) is 0 Å². The molecule has 0 unspecified atom stereocenters. The Morgan fingerprint density at radius 2 is 1.82 bits per heavy atom. The lowest BCUT2D eigenvalue weighted by Gasteiger charge is -2.03. The molecule has 0 saturated carbocycles. The van der Waals surface area contributed by atoms with Gasteiger partial charge in [0.1, 0.15) is 5.75 Å². The molecule has 0 aromatic heterocycles. The predicted molar refractivity (Wildman–Crippen MR) is 87.1 cm³/mol. The molecule has 0 radical (unpaired) electrons. The highest BCUT2D eigenvalue weighted by molar-refractivity contribution is 6.02. The maximum atomic E-state index is 11.9. The molecule has 0 atom stereocenters. The molecule has 2 rings (SSSR count). The van der Waals surface area contributed by atoms with Crippen molar-refractivity contribution in [3.8, 4) is 5.75 Å². The Morgan fingerprint density at radius 1 is 1.09 bits per heavy atom. The van der Waals surface area contributed by atoms with Crippen molar-refractivity contribution in [1.29, 1.82) is 0 Å². The van der Waals surface area contributed by atoms with Gasteiger partial charge in [-0.2, -0.15) is 0 Å². The van der Waals surface area contributed by atoms with Crippen LogP contribution in [0.1, 0.15) is 22.8 Å². The van der Waals surface area contributed by atoms with E-state index in [-0.39, 0.29) is 11.7 Å². The Kier molecular flexibility index (Phi) is 5.09. The number of ketones is 1. The van der Waals surface area contributed by atoms with Crippen LogP contribution in [0.25, 0.3) is 6.08 Å². The molecule has 1 N–H and O–H groups in total. The summed E-state index contributed by atoms with van der Waals surface area (Å²) in [6.07, 6.45) is 3.16. The summed E-state index contributed by atoms with van der Waals surface area (Å²) in [6, 6.07) is 14.2. The largest absolute Gasteiger partial charge is 0.497 e. The Balaban J connectivity index is 1.99. The molecule has 0 aliphatic carbocycles. The fraction of sp³-hybridized carbons (Fsp3) is 0.111. The van der Waals surface area contributed by atoms with Crippen LogP contribution in [-0.4, -0.2) is 18.8 Å². The summed E-state index contributed by atoms with van der Waals surface area (Å²) in [4.78, 5) is 23.0. The number of hydrogen-bond donors (Lipinski definition) is 1. The van der Waals surface area contributed by atoms with Crippen molar-refractivity contribution in [2.45, 2.75) is 6.92 Å². The summed E-state index contributed by atoms with van der Waals surface area (Å²) in [5.41, 5.74) is 2.14. The molecule has 0 aliphatic rings. The molecule has 1 amide bonds. The third kappa shape index (κ3) is 4.31. The average Bonchev–Trinajstić information content (AvgIpc) is 2.53. The van der Waals surface area contributed by atoms with E-state index in [1.165, 1.54) is 13.0 Å². The van der Waals surface area contributed by atoms with Gasteiger partial charge in [0, 0.05) is 17.3 Å².